The first-order valence-corrected chi connectivity index (χ1v) is 10.7. The van der Waals surface area contributed by atoms with Crippen LogP contribution in [0, 0.1) is 6.92 Å². The Bertz CT molecular complexity index is 742. The van der Waals surface area contributed by atoms with Crippen LogP contribution < -0.4 is 15.1 Å². The van der Waals surface area contributed by atoms with Gasteiger partial charge in [0.15, 0.2) is 16.4 Å². The summed E-state index contributed by atoms with van der Waals surface area (Å²) >= 11 is 0. The number of benzene rings is 1. The molecule has 1 atom stereocenters. The van der Waals surface area contributed by atoms with Crippen molar-refractivity contribution in [2.24, 2.45) is 0 Å². The summed E-state index contributed by atoms with van der Waals surface area (Å²) in [6.07, 6.45) is 0.511. The summed E-state index contributed by atoms with van der Waals surface area (Å²) in [4.78, 5) is 16.0. The largest absolute Gasteiger partial charge is 0.360 e. The van der Waals surface area contributed by atoms with Crippen LogP contribution in [-0.2, 0) is 14.6 Å². The number of rotatable bonds is 4. The Morgan fingerprint density at radius 2 is 1.96 bits per heavy atom. The molecule has 25 heavy (non-hydrogen) atoms. The summed E-state index contributed by atoms with van der Waals surface area (Å²) in [6, 6.07) is 8.38. The van der Waals surface area contributed by atoms with Gasteiger partial charge in [-0.15, -0.1) is 0 Å². The fraction of sp³-hybridized carbons (Fsp3) is 0.611. The maximum Gasteiger partial charge on any atom is 0.275 e. The fourth-order valence-corrected chi connectivity index (χ4v) is 5.97. The van der Waals surface area contributed by atoms with Crippen molar-refractivity contribution in [3.8, 4) is 0 Å². The minimum absolute atomic E-state index is 0.0426. The van der Waals surface area contributed by atoms with E-state index in [1.165, 1.54) is 16.2 Å². The second kappa shape index (κ2) is 6.96. The number of piperazine rings is 1. The Kier molecular flexibility index (Phi) is 5.06. The number of carbonyl (C=O) groups excluding carboxylic acids is 1. The SMILES string of the molecule is Cc1ccccc1N1CC[NH+](CC(=O)N[C@]2(C)CCS(=O)(=O)C2)CC1. The number of quaternary nitrogens is 1. The third-order valence-corrected chi connectivity index (χ3v) is 7.18. The molecule has 0 spiro atoms. The average molecular weight is 367 g/mol. The van der Waals surface area contributed by atoms with Crippen molar-refractivity contribution in [3.63, 3.8) is 0 Å². The van der Waals surface area contributed by atoms with Gasteiger partial charge in [0.05, 0.1) is 43.2 Å². The fourth-order valence-electron chi connectivity index (χ4n) is 3.88. The Hall–Kier alpha value is -1.60. The molecule has 0 saturated carbocycles. The van der Waals surface area contributed by atoms with Gasteiger partial charge in [0, 0.05) is 5.69 Å². The summed E-state index contributed by atoms with van der Waals surface area (Å²) in [5.74, 6) is 0.187. The zero-order valence-corrected chi connectivity index (χ0v) is 15.9. The molecule has 2 aliphatic heterocycles. The Morgan fingerprint density at radius 1 is 1.28 bits per heavy atom. The van der Waals surface area contributed by atoms with E-state index in [1.54, 1.807) is 0 Å². The topological polar surface area (TPSA) is 70.9 Å². The minimum atomic E-state index is -3.00. The lowest BCUT2D eigenvalue weighted by molar-refractivity contribution is -0.892. The quantitative estimate of drug-likeness (QED) is 0.746. The van der Waals surface area contributed by atoms with Gasteiger partial charge in [0.1, 0.15) is 0 Å². The van der Waals surface area contributed by atoms with Gasteiger partial charge in [0.25, 0.3) is 5.91 Å². The number of sulfone groups is 1. The maximum absolute atomic E-state index is 12.3. The van der Waals surface area contributed by atoms with E-state index in [0.717, 1.165) is 26.2 Å². The van der Waals surface area contributed by atoms with Crippen molar-refractivity contribution < 1.29 is 18.1 Å². The first kappa shape index (κ1) is 18.2. The maximum atomic E-state index is 12.3. The molecule has 0 radical (unpaired) electrons. The van der Waals surface area contributed by atoms with E-state index >= 15 is 0 Å². The highest BCUT2D eigenvalue weighted by Crippen LogP contribution is 2.22. The molecule has 2 aliphatic rings. The molecule has 2 fully saturated rings. The molecule has 0 bridgehead atoms. The van der Waals surface area contributed by atoms with Crippen LogP contribution in [0.1, 0.15) is 18.9 Å². The molecule has 0 aliphatic carbocycles. The predicted molar refractivity (Wildman–Crippen MR) is 98.8 cm³/mol. The van der Waals surface area contributed by atoms with Crippen molar-refractivity contribution in [3.05, 3.63) is 29.8 Å². The zero-order chi connectivity index (χ0) is 18.1. The first-order chi connectivity index (χ1) is 11.8. The second-order valence-electron chi connectivity index (χ2n) is 7.65. The van der Waals surface area contributed by atoms with Crippen molar-refractivity contribution in [1.82, 2.24) is 5.32 Å². The molecule has 2 saturated heterocycles. The minimum Gasteiger partial charge on any atom is -0.360 e. The summed E-state index contributed by atoms with van der Waals surface area (Å²) in [5.41, 5.74) is 1.95. The van der Waals surface area contributed by atoms with E-state index in [4.69, 9.17) is 0 Å². The summed E-state index contributed by atoms with van der Waals surface area (Å²) in [7, 11) is -3.00. The average Bonchev–Trinajstić information content (AvgIpc) is 2.81. The van der Waals surface area contributed by atoms with E-state index in [9.17, 15) is 13.2 Å². The van der Waals surface area contributed by atoms with Crippen LogP contribution in [0.2, 0.25) is 0 Å². The van der Waals surface area contributed by atoms with E-state index in [2.05, 4.69) is 41.4 Å². The number of carbonyl (C=O) groups is 1. The first-order valence-electron chi connectivity index (χ1n) is 8.92. The van der Waals surface area contributed by atoms with Crippen LogP contribution in [0.25, 0.3) is 0 Å². The van der Waals surface area contributed by atoms with Gasteiger partial charge in [-0.2, -0.15) is 0 Å². The Balaban J connectivity index is 1.49. The van der Waals surface area contributed by atoms with Crippen LogP contribution in [-0.4, -0.2) is 64.1 Å². The summed E-state index contributed by atoms with van der Waals surface area (Å²) in [6.45, 7) is 8.06. The van der Waals surface area contributed by atoms with Gasteiger partial charge in [-0.05, 0) is 31.9 Å². The number of nitrogens with one attached hydrogen (secondary N) is 2. The lowest BCUT2D eigenvalue weighted by atomic mass is 10.0. The molecule has 2 heterocycles. The highest BCUT2D eigenvalue weighted by molar-refractivity contribution is 7.91. The van der Waals surface area contributed by atoms with E-state index in [1.807, 2.05) is 6.92 Å². The third-order valence-electron chi connectivity index (χ3n) is 5.28. The molecule has 1 aromatic rings. The molecule has 1 amide bonds. The van der Waals surface area contributed by atoms with Crippen LogP contribution >= 0.6 is 0 Å². The van der Waals surface area contributed by atoms with Gasteiger partial charge >= 0.3 is 0 Å². The molecule has 6 nitrogen and oxygen atoms in total. The van der Waals surface area contributed by atoms with Gasteiger partial charge in [-0.3, -0.25) is 4.79 Å². The van der Waals surface area contributed by atoms with Gasteiger partial charge in [-0.1, -0.05) is 18.2 Å². The summed E-state index contributed by atoms with van der Waals surface area (Å²) < 4.78 is 23.3. The number of hydrogen-bond donors (Lipinski definition) is 2. The van der Waals surface area contributed by atoms with Gasteiger partial charge in [-0.25, -0.2) is 8.42 Å². The number of hydrogen-bond acceptors (Lipinski definition) is 4. The molecular weight excluding hydrogens is 338 g/mol. The number of para-hydroxylation sites is 1. The van der Waals surface area contributed by atoms with Crippen LogP contribution in [0.15, 0.2) is 24.3 Å². The number of amides is 1. The van der Waals surface area contributed by atoms with Gasteiger partial charge < -0.3 is 15.1 Å². The predicted octanol–water partition coefficient (Wildman–Crippen LogP) is -0.607. The molecular formula is C18H28N3O3S+. The molecule has 7 heteroatoms. The third kappa shape index (κ3) is 4.52. The van der Waals surface area contributed by atoms with Crippen molar-refractivity contribution in [1.29, 1.82) is 0 Å². The smallest absolute Gasteiger partial charge is 0.275 e. The van der Waals surface area contributed by atoms with Gasteiger partial charge in [0.2, 0.25) is 0 Å². The number of anilines is 1. The Labute approximate surface area is 150 Å². The molecule has 0 unspecified atom stereocenters. The number of nitrogens with zero attached hydrogens (tertiary/aromatic N) is 1. The van der Waals surface area contributed by atoms with Crippen molar-refractivity contribution >= 4 is 21.4 Å². The zero-order valence-electron chi connectivity index (χ0n) is 15.0. The van der Waals surface area contributed by atoms with Crippen molar-refractivity contribution in [2.45, 2.75) is 25.8 Å². The lowest BCUT2D eigenvalue weighted by Gasteiger charge is -2.34. The molecule has 2 N–H and O–H groups in total. The molecule has 3 rings (SSSR count). The molecule has 1 aromatic carbocycles. The normalized spacial score (nSPS) is 26.6. The van der Waals surface area contributed by atoms with Crippen LogP contribution in [0.4, 0.5) is 5.69 Å². The van der Waals surface area contributed by atoms with E-state index in [0.29, 0.717) is 13.0 Å². The standard InChI is InChI=1S/C18H27N3O3S/c1-15-5-3-4-6-16(15)21-10-8-20(9-11-21)13-17(22)19-18(2)7-12-25(23,24)14-18/h3-6H,7-14H2,1-2H3,(H,19,22)/p+1/t18-/m1/s1. The lowest BCUT2D eigenvalue weighted by Crippen LogP contribution is -3.16. The van der Waals surface area contributed by atoms with Crippen LogP contribution in [0.3, 0.4) is 0 Å². The van der Waals surface area contributed by atoms with E-state index in [-0.39, 0.29) is 17.4 Å². The Morgan fingerprint density at radius 3 is 2.56 bits per heavy atom. The van der Waals surface area contributed by atoms with Crippen molar-refractivity contribution in [2.75, 3.05) is 49.1 Å². The van der Waals surface area contributed by atoms with Crippen LogP contribution in [0.5, 0.6) is 0 Å². The molecule has 138 valence electrons. The molecule has 0 aromatic heterocycles. The van der Waals surface area contributed by atoms with E-state index < -0.39 is 15.4 Å². The highest BCUT2D eigenvalue weighted by Gasteiger charge is 2.40. The summed E-state index contributed by atoms with van der Waals surface area (Å²) in [5, 5.41) is 2.96. The second-order valence-corrected chi connectivity index (χ2v) is 9.84. The highest BCUT2D eigenvalue weighted by atomic mass is 32.2. The monoisotopic (exact) mass is 366 g/mol. The number of aryl methyl sites for hydroxylation is 1.